The van der Waals surface area contributed by atoms with E-state index in [1.165, 1.54) is 12.4 Å². The lowest BCUT2D eigenvalue weighted by atomic mass is 9.96. The second-order valence-corrected chi connectivity index (χ2v) is 7.41. The van der Waals surface area contributed by atoms with E-state index < -0.39 is 17.5 Å². The lowest BCUT2D eigenvalue weighted by Crippen LogP contribution is -2.52. The van der Waals surface area contributed by atoms with E-state index >= 15 is 0 Å². The molecule has 4 rings (SSSR count). The molecule has 0 spiro atoms. The van der Waals surface area contributed by atoms with Crippen molar-refractivity contribution in [2.45, 2.75) is 50.7 Å². The minimum absolute atomic E-state index is 0.102. The number of halogens is 2. The molecule has 0 aliphatic carbocycles. The number of aromatic nitrogens is 2. The predicted octanol–water partition coefficient (Wildman–Crippen LogP) is 2.63. The van der Waals surface area contributed by atoms with Crippen LogP contribution in [0, 0.1) is 18.6 Å². The first kappa shape index (κ1) is 18.5. The summed E-state index contributed by atoms with van der Waals surface area (Å²) in [5.74, 6) is -2.15. The van der Waals surface area contributed by atoms with E-state index in [0.29, 0.717) is 12.8 Å². The minimum atomic E-state index is -0.723. The molecule has 2 aliphatic rings. The van der Waals surface area contributed by atoms with Gasteiger partial charge in [0.1, 0.15) is 17.3 Å². The molecule has 1 aromatic carbocycles. The number of benzene rings is 1. The van der Waals surface area contributed by atoms with Gasteiger partial charge in [0.15, 0.2) is 0 Å². The van der Waals surface area contributed by atoms with Gasteiger partial charge in [-0.05, 0) is 50.8 Å². The van der Waals surface area contributed by atoms with E-state index in [9.17, 15) is 18.4 Å². The highest BCUT2D eigenvalue weighted by molar-refractivity contribution is 5.95. The minimum Gasteiger partial charge on any atom is -0.348 e. The number of hydrogen-bond donors (Lipinski definition) is 1. The zero-order valence-electron chi connectivity index (χ0n) is 15.4. The molecule has 2 fully saturated rings. The Hall–Kier alpha value is -2.90. The molecule has 1 N–H and O–H groups in total. The summed E-state index contributed by atoms with van der Waals surface area (Å²) < 4.78 is 27.5. The molecule has 2 aliphatic heterocycles. The van der Waals surface area contributed by atoms with Crippen LogP contribution in [0.15, 0.2) is 30.6 Å². The molecule has 8 heteroatoms. The van der Waals surface area contributed by atoms with Gasteiger partial charge in [-0.25, -0.2) is 13.8 Å². The molecule has 1 aromatic heterocycles. The van der Waals surface area contributed by atoms with E-state index in [0.717, 1.165) is 36.7 Å². The standard InChI is InChI=1S/C20H20F2N4O2/c1-11-9-24-18(10-23-11)19(27)25-13-7-14-3-4-15(8-13)26(14)20(28)16-6-12(21)2-5-17(16)22/h2,5-6,9-10,13-15H,3-4,7-8H2,1H3,(H,25,27)/t13?,14-,15+. The number of nitrogens with one attached hydrogen (secondary N) is 1. The summed E-state index contributed by atoms with van der Waals surface area (Å²) >= 11 is 0. The predicted molar refractivity (Wildman–Crippen MR) is 96.6 cm³/mol. The summed E-state index contributed by atoms with van der Waals surface area (Å²) in [4.78, 5) is 35.0. The van der Waals surface area contributed by atoms with Gasteiger partial charge in [0.2, 0.25) is 0 Å². The lowest BCUT2D eigenvalue weighted by Gasteiger charge is -2.39. The molecule has 28 heavy (non-hydrogen) atoms. The monoisotopic (exact) mass is 386 g/mol. The molecule has 3 heterocycles. The Kier molecular flexibility index (Phi) is 4.78. The first-order valence-corrected chi connectivity index (χ1v) is 9.29. The fourth-order valence-electron chi connectivity index (χ4n) is 4.20. The third-order valence-corrected chi connectivity index (χ3v) is 5.48. The summed E-state index contributed by atoms with van der Waals surface area (Å²) in [5.41, 5.74) is 0.735. The first-order chi connectivity index (χ1) is 13.4. The number of aryl methyl sites for hydroxylation is 1. The van der Waals surface area contributed by atoms with Crippen LogP contribution in [0.2, 0.25) is 0 Å². The maximum absolute atomic E-state index is 14.0. The van der Waals surface area contributed by atoms with Crippen LogP contribution in [0.3, 0.4) is 0 Å². The van der Waals surface area contributed by atoms with Crippen molar-refractivity contribution in [2.75, 3.05) is 0 Å². The fraction of sp³-hybridized carbons (Fsp3) is 0.400. The molecule has 6 nitrogen and oxygen atoms in total. The van der Waals surface area contributed by atoms with Crippen LogP contribution in [-0.2, 0) is 0 Å². The van der Waals surface area contributed by atoms with Crippen LogP contribution in [0.25, 0.3) is 0 Å². The number of hydrogen-bond acceptors (Lipinski definition) is 4. The van der Waals surface area contributed by atoms with Crippen molar-refractivity contribution in [2.24, 2.45) is 0 Å². The summed E-state index contributed by atoms with van der Waals surface area (Å²) in [6.45, 7) is 1.79. The van der Waals surface area contributed by atoms with Crippen LogP contribution in [-0.4, -0.2) is 44.8 Å². The first-order valence-electron chi connectivity index (χ1n) is 9.29. The van der Waals surface area contributed by atoms with Crippen molar-refractivity contribution in [1.82, 2.24) is 20.2 Å². The maximum atomic E-state index is 14.0. The number of fused-ring (bicyclic) bond motifs is 2. The summed E-state index contributed by atoms with van der Waals surface area (Å²) in [5, 5.41) is 2.96. The van der Waals surface area contributed by atoms with Crippen molar-refractivity contribution in [3.8, 4) is 0 Å². The van der Waals surface area contributed by atoms with Crippen molar-refractivity contribution < 1.29 is 18.4 Å². The summed E-state index contributed by atoms with van der Waals surface area (Å²) in [7, 11) is 0. The Morgan fingerprint density at radius 2 is 1.82 bits per heavy atom. The highest BCUT2D eigenvalue weighted by Gasteiger charge is 2.44. The van der Waals surface area contributed by atoms with Crippen LogP contribution in [0.1, 0.15) is 52.2 Å². The maximum Gasteiger partial charge on any atom is 0.271 e. The third kappa shape index (κ3) is 3.46. The van der Waals surface area contributed by atoms with E-state index in [2.05, 4.69) is 15.3 Å². The van der Waals surface area contributed by atoms with E-state index in [4.69, 9.17) is 0 Å². The smallest absolute Gasteiger partial charge is 0.271 e. The molecule has 2 aromatic rings. The number of piperidine rings is 1. The topological polar surface area (TPSA) is 75.2 Å². The molecule has 0 radical (unpaired) electrons. The Bertz CT molecular complexity index is 905. The van der Waals surface area contributed by atoms with Gasteiger partial charge in [-0.1, -0.05) is 0 Å². The quantitative estimate of drug-likeness (QED) is 0.880. The molecule has 2 saturated heterocycles. The molecule has 3 atom stereocenters. The van der Waals surface area contributed by atoms with Crippen LogP contribution in [0.5, 0.6) is 0 Å². The molecular formula is C20H20F2N4O2. The van der Waals surface area contributed by atoms with E-state index in [1.807, 2.05) is 0 Å². The van der Waals surface area contributed by atoms with Gasteiger partial charge in [0.05, 0.1) is 17.5 Å². The zero-order chi connectivity index (χ0) is 19.8. The second-order valence-electron chi connectivity index (χ2n) is 7.41. The highest BCUT2D eigenvalue weighted by atomic mass is 19.1. The second kappa shape index (κ2) is 7.26. The molecular weight excluding hydrogens is 366 g/mol. The van der Waals surface area contributed by atoms with Crippen molar-refractivity contribution >= 4 is 11.8 Å². The van der Waals surface area contributed by atoms with Gasteiger partial charge >= 0.3 is 0 Å². The molecule has 2 amide bonds. The third-order valence-electron chi connectivity index (χ3n) is 5.48. The van der Waals surface area contributed by atoms with Gasteiger partial charge < -0.3 is 10.2 Å². The van der Waals surface area contributed by atoms with Crippen molar-refractivity contribution in [3.63, 3.8) is 0 Å². The van der Waals surface area contributed by atoms with Gasteiger partial charge in [-0.2, -0.15) is 0 Å². The van der Waals surface area contributed by atoms with Gasteiger partial charge in [0, 0.05) is 24.3 Å². The number of amides is 2. The van der Waals surface area contributed by atoms with Gasteiger partial charge in [-0.3, -0.25) is 14.6 Å². The molecule has 0 saturated carbocycles. The van der Waals surface area contributed by atoms with Crippen LogP contribution < -0.4 is 5.32 Å². The highest BCUT2D eigenvalue weighted by Crippen LogP contribution is 2.37. The number of rotatable bonds is 3. The fourth-order valence-corrected chi connectivity index (χ4v) is 4.20. The van der Waals surface area contributed by atoms with Crippen molar-refractivity contribution in [1.29, 1.82) is 0 Å². The average Bonchev–Trinajstić information content (AvgIpc) is 2.94. The lowest BCUT2D eigenvalue weighted by molar-refractivity contribution is 0.0544. The van der Waals surface area contributed by atoms with Gasteiger partial charge in [0.25, 0.3) is 11.8 Å². The Balaban J connectivity index is 1.46. The normalized spacial score (nSPS) is 23.5. The molecule has 2 bridgehead atoms. The summed E-state index contributed by atoms with van der Waals surface area (Å²) in [6, 6.07) is 2.60. The van der Waals surface area contributed by atoms with E-state index in [1.54, 1.807) is 11.8 Å². The number of carbonyl (C=O) groups is 2. The Labute approximate surface area is 161 Å². The largest absolute Gasteiger partial charge is 0.348 e. The van der Waals surface area contributed by atoms with Crippen LogP contribution >= 0.6 is 0 Å². The summed E-state index contributed by atoms with van der Waals surface area (Å²) in [6.07, 6.45) is 5.68. The Morgan fingerprint density at radius 3 is 2.46 bits per heavy atom. The van der Waals surface area contributed by atoms with E-state index in [-0.39, 0.29) is 35.3 Å². The number of carbonyl (C=O) groups excluding carboxylic acids is 2. The average molecular weight is 386 g/mol. The zero-order valence-corrected chi connectivity index (χ0v) is 15.4. The molecule has 146 valence electrons. The van der Waals surface area contributed by atoms with Crippen molar-refractivity contribution in [3.05, 3.63) is 59.2 Å². The molecule has 1 unspecified atom stereocenters. The van der Waals surface area contributed by atoms with Gasteiger partial charge in [-0.15, -0.1) is 0 Å². The number of nitrogens with zero attached hydrogens (tertiary/aromatic N) is 3. The van der Waals surface area contributed by atoms with Crippen LogP contribution in [0.4, 0.5) is 8.78 Å². The SMILES string of the molecule is Cc1cnc(C(=O)NC2C[C@H]3CC[C@@H](C2)N3C(=O)c2cc(F)ccc2F)cn1. The Morgan fingerprint density at radius 1 is 1.11 bits per heavy atom.